The average molecular weight is 525 g/mol. The van der Waals surface area contributed by atoms with Crippen LogP contribution in [-0.4, -0.2) is 26.2 Å². The number of hydrogen-bond acceptors (Lipinski definition) is 0. The van der Waals surface area contributed by atoms with Crippen molar-refractivity contribution in [1.82, 2.24) is 0 Å². The van der Waals surface area contributed by atoms with E-state index in [1.54, 1.807) is 0 Å². The third-order valence-electron chi connectivity index (χ3n) is 0. The second-order valence-electron chi connectivity index (χ2n) is 0. The summed E-state index contributed by atoms with van der Waals surface area (Å²) in [5.74, 6) is 0. The summed E-state index contributed by atoms with van der Waals surface area (Å²) in [6, 6.07) is 0. The van der Waals surface area contributed by atoms with E-state index >= 15 is 0 Å². The molecule has 0 saturated carbocycles. The van der Waals surface area contributed by atoms with Gasteiger partial charge in [-0.25, -0.2) is 0 Å². The van der Waals surface area contributed by atoms with Gasteiger partial charge in [0.25, 0.3) is 0 Å². The van der Waals surface area contributed by atoms with Crippen LogP contribution in [0.2, 0.25) is 0 Å². The van der Waals surface area contributed by atoms with Crippen LogP contribution in [-0.2, 0) is 48.4 Å². The summed E-state index contributed by atoms with van der Waals surface area (Å²) in [5, 5.41) is 0. The Morgan fingerprint density at radius 2 is 0.500 bits per heavy atom. The molecule has 5 nitrogen and oxygen atoms in total. The third-order valence-corrected chi connectivity index (χ3v) is 0. The van der Waals surface area contributed by atoms with E-state index in [0.717, 1.165) is 0 Å². The molecule has 0 aromatic carbocycles. The molecule has 8 heavy (non-hydrogen) atoms. The van der Waals surface area contributed by atoms with Crippen LogP contribution >= 0.6 is 0 Å². The van der Waals surface area contributed by atoms with Gasteiger partial charge in [0.1, 0.15) is 0 Å². The molecule has 0 aliphatic rings. The first kappa shape index (κ1) is 135. The number of rotatable bonds is 0. The van der Waals surface area contributed by atoms with Gasteiger partial charge in [0, 0.05) is 0 Å². The standard InChI is InChI=1S/Bi.Ce.Mo.5O/q2*+3;+4;5*-2. The minimum atomic E-state index is 0. The first-order valence-corrected chi connectivity index (χ1v) is 0. The van der Waals surface area contributed by atoms with Crippen molar-refractivity contribution >= 4 is 26.2 Å². The maximum absolute atomic E-state index is 0. The summed E-state index contributed by atoms with van der Waals surface area (Å²) in [7, 11) is 0. The molecular weight excluding hydrogens is 525 g/mol. The summed E-state index contributed by atoms with van der Waals surface area (Å²) in [6.07, 6.45) is 0. The maximum atomic E-state index is 0. The topological polar surface area (TPSA) is 142 Å². The molecule has 0 atom stereocenters. The molecule has 0 bridgehead atoms. The van der Waals surface area contributed by atoms with Crippen molar-refractivity contribution in [2.24, 2.45) is 0 Å². The van der Waals surface area contributed by atoms with Crippen molar-refractivity contribution in [2.45, 2.75) is 0 Å². The third kappa shape index (κ3) is 69.5. The van der Waals surface area contributed by atoms with E-state index < -0.39 is 0 Å². The molecule has 0 aliphatic heterocycles. The molecular formula is BiCeMoO5. The molecule has 0 rings (SSSR count). The van der Waals surface area contributed by atoms with Crippen molar-refractivity contribution in [1.29, 1.82) is 0 Å². The fraction of sp³-hybridized carbons (Fsp3) is 0. The Hall–Kier alpha value is 2.75. The van der Waals surface area contributed by atoms with E-state index in [9.17, 15) is 0 Å². The van der Waals surface area contributed by atoms with E-state index in [4.69, 9.17) is 0 Å². The largest absolute Gasteiger partial charge is 4.00 e. The molecule has 0 saturated heterocycles. The fourth-order valence-electron chi connectivity index (χ4n) is 0. The first-order valence-electron chi connectivity index (χ1n) is 0. The van der Waals surface area contributed by atoms with Crippen LogP contribution in [0.5, 0.6) is 0 Å². The van der Waals surface area contributed by atoms with Gasteiger partial charge in [-0.15, -0.1) is 0 Å². The average Bonchev–Trinajstić information content (AvgIpc) is 0. The normalized spacial score (nSPS) is 0. The summed E-state index contributed by atoms with van der Waals surface area (Å²) in [6.45, 7) is 0. The van der Waals surface area contributed by atoms with Gasteiger partial charge in [0.15, 0.2) is 0 Å². The zero-order chi connectivity index (χ0) is 0. The molecule has 0 unspecified atom stereocenters. The fourth-order valence-corrected chi connectivity index (χ4v) is 0. The Bertz CT molecular complexity index is 12.4. The van der Waals surface area contributed by atoms with Crippen LogP contribution in [0.4, 0.5) is 0 Å². The molecule has 0 heterocycles. The summed E-state index contributed by atoms with van der Waals surface area (Å²) in [4.78, 5) is 0. The van der Waals surface area contributed by atoms with Crippen molar-refractivity contribution < 1.29 is 90.2 Å². The predicted molar refractivity (Wildman–Crippen MR) is 9.19 cm³/mol. The quantitative estimate of drug-likeness (QED) is 0.359. The number of hydrogen-bond donors (Lipinski definition) is 0. The van der Waals surface area contributed by atoms with Gasteiger partial charge in [0.2, 0.25) is 0 Å². The molecule has 0 spiro atoms. The molecule has 0 aromatic rings. The SMILES string of the molecule is [Bi+3].[Ce+3].[Mo+4].[O-2].[O-2].[O-2].[O-2].[O-2]. The van der Waals surface area contributed by atoms with Crippen LogP contribution in [0, 0.1) is 41.7 Å². The second-order valence-corrected chi connectivity index (χ2v) is 0. The van der Waals surface area contributed by atoms with Crippen LogP contribution < -0.4 is 0 Å². The second kappa shape index (κ2) is 98.8. The van der Waals surface area contributed by atoms with Gasteiger partial charge in [-0.1, -0.05) is 0 Å². The monoisotopic (exact) mass is 527 g/mol. The predicted octanol–water partition coefficient (Wildman–Crippen LogP) is -0.977. The Balaban J connectivity index is 0. The van der Waals surface area contributed by atoms with Crippen molar-refractivity contribution in [3.8, 4) is 0 Å². The van der Waals surface area contributed by atoms with Gasteiger partial charge < -0.3 is 27.4 Å². The maximum Gasteiger partial charge on any atom is 4.00 e. The molecule has 0 aliphatic carbocycles. The van der Waals surface area contributed by atoms with Crippen LogP contribution in [0.25, 0.3) is 0 Å². The van der Waals surface area contributed by atoms with Gasteiger partial charge in [0.05, 0.1) is 0 Å². The van der Waals surface area contributed by atoms with Crippen molar-refractivity contribution in [3.05, 3.63) is 0 Å². The molecule has 45 valence electrons. The van der Waals surface area contributed by atoms with E-state index in [1.807, 2.05) is 0 Å². The zero-order valence-electron chi connectivity index (χ0n) is 3.40. The smallest absolute Gasteiger partial charge is 2.00 e. The van der Waals surface area contributed by atoms with E-state index in [1.165, 1.54) is 0 Å². The Kier molecular flexibility index (Phi) is 1670. The summed E-state index contributed by atoms with van der Waals surface area (Å²) in [5.41, 5.74) is 0. The van der Waals surface area contributed by atoms with Gasteiger partial charge in [-0.3, -0.25) is 0 Å². The van der Waals surface area contributed by atoms with Crippen molar-refractivity contribution in [3.63, 3.8) is 0 Å². The Labute approximate surface area is 114 Å². The molecule has 3 radical (unpaired) electrons. The molecule has 0 N–H and O–H groups in total. The Morgan fingerprint density at radius 3 is 0.500 bits per heavy atom. The first-order chi connectivity index (χ1) is 0. The molecule has 0 aromatic heterocycles. The van der Waals surface area contributed by atoms with Crippen LogP contribution in [0.1, 0.15) is 0 Å². The van der Waals surface area contributed by atoms with Gasteiger partial charge in [-0.2, -0.15) is 0 Å². The minimum Gasteiger partial charge on any atom is -2.00 e. The van der Waals surface area contributed by atoms with Crippen LogP contribution in [0.15, 0.2) is 0 Å². The molecule has 8 heteroatoms. The van der Waals surface area contributed by atoms with Crippen LogP contribution in [0.3, 0.4) is 0 Å². The van der Waals surface area contributed by atoms with E-state index in [2.05, 4.69) is 0 Å². The minimum absolute atomic E-state index is 0. The van der Waals surface area contributed by atoms with Gasteiger partial charge >= 0.3 is 89.0 Å². The summed E-state index contributed by atoms with van der Waals surface area (Å²) < 4.78 is 0. The van der Waals surface area contributed by atoms with E-state index in [0.29, 0.717) is 0 Å². The van der Waals surface area contributed by atoms with E-state index in [-0.39, 0.29) is 116 Å². The van der Waals surface area contributed by atoms with Gasteiger partial charge in [-0.05, 0) is 0 Å². The Morgan fingerprint density at radius 1 is 0.500 bits per heavy atom. The summed E-state index contributed by atoms with van der Waals surface area (Å²) >= 11 is 0. The molecule has 0 amide bonds. The zero-order valence-corrected chi connectivity index (χ0v) is 12.0. The molecule has 0 fully saturated rings. The van der Waals surface area contributed by atoms with Crippen molar-refractivity contribution in [2.75, 3.05) is 0 Å².